The predicted octanol–water partition coefficient (Wildman–Crippen LogP) is 5.26. The molecule has 4 aromatic rings. The van der Waals surface area contributed by atoms with Crippen molar-refractivity contribution in [2.45, 2.75) is 31.4 Å². The molecule has 3 aliphatic heterocycles. The molecule has 0 radical (unpaired) electrons. The number of ether oxygens (including phenoxy) is 3. The Kier molecular flexibility index (Phi) is 6.54. The van der Waals surface area contributed by atoms with Crippen molar-refractivity contribution in [1.29, 1.82) is 5.26 Å². The van der Waals surface area contributed by atoms with Crippen LogP contribution in [0.3, 0.4) is 0 Å². The van der Waals surface area contributed by atoms with Crippen LogP contribution in [-0.4, -0.2) is 62.6 Å². The predicted molar refractivity (Wildman–Crippen MR) is 158 cm³/mol. The number of anilines is 2. The van der Waals surface area contributed by atoms with E-state index in [9.17, 15) is 9.65 Å². The van der Waals surface area contributed by atoms with E-state index in [-0.39, 0.29) is 71.6 Å². The normalized spacial score (nSPS) is 22.9. The zero-order chi connectivity index (χ0) is 29.3. The molecule has 218 valence electrons. The van der Waals surface area contributed by atoms with E-state index in [1.165, 1.54) is 12.1 Å². The van der Waals surface area contributed by atoms with Gasteiger partial charge in [0.2, 0.25) is 0 Å². The Labute approximate surface area is 249 Å². The summed E-state index contributed by atoms with van der Waals surface area (Å²) in [6.45, 7) is 1.89. The van der Waals surface area contributed by atoms with Gasteiger partial charge in [-0.25, -0.2) is 8.78 Å². The van der Waals surface area contributed by atoms with Gasteiger partial charge in [0, 0.05) is 42.4 Å². The van der Waals surface area contributed by atoms with E-state index in [0.717, 1.165) is 24.2 Å². The van der Waals surface area contributed by atoms with Crippen molar-refractivity contribution in [3.63, 3.8) is 0 Å². The highest BCUT2D eigenvalue weighted by Gasteiger charge is 2.52. The molecule has 1 unspecified atom stereocenters. The summed E-state index contributed by atoms with van der Waals surface area (Å²) in [5, 5.41) is 13.6. The minimum absolute atomic E-state index is 0.0199. The Balaban J connectivity index is 1.48. The fourth-order valence-electron chi connectivity index (χ4n) is 6.39. The number of rotatable bonds is 6. The molecule has 9 nitrogen and oxygen atoms in total. The van der Waals surface area contributed by atoms with Crippen LogP contribution in [0.25, 0.3) is 32.1 Å². The van der Waals surface area contributed by atoms with Crippen LogP contribution in [0.15, 0.2) is 12.1 Å². The summed E-state index contributed by atoms with van der Waals surface area (Å²) in [6.07, 6.45) is 2.72. The summed E-state index contributed by atoms with van der Waals surface area (Å²) in [5.41, 5.74) is 6.14. The maximum Gasteiger partial charge on any atom is 0.319 e. The van der Waals surface area contributed by atoms with Crippen molar-refractivity contribution in [2.24, 2.45) is 5.41 Å². The number of nitrogen functional groups attached to an aromatic ring is 1. The fraction of sp³-hybridized carbons (Fsp3) is 0.414. The first-order chi connectivity index (χ1) is 20.2. The van der Waals surface area contributed by atoms with Crippen LogP contribution < -0.4 is 25.4 Å². The maximum atomic E-state index is 16.9. The summed E-state index contributed by atoms with van der Waals surface area (Å²) in [7, 11) is 3.75. The van der Waals surface area contributed by atoms with Gasteiger partial charge in [-0.2, -0.15) is 15.2 Å². The van der Waals surface area contributed by atoms with E-state index in [0.29, 0.717) is 44.0 Å². The van der Waals surface area contributed by atoms with E-state index in [4.69, 9.17) is 36.5 Å². The number of nitrogens with one attached hydrogen (secondary N) is 1. The van der Waals surface area contributed by atoms with Gasteiger partial charge in [-0.15, -0.1) is 11.3 Å². The lowest BCUT2D eigenvalue weighted by Crippen LogP contribution is -2.41. The summed E-state index contributed by atoms with van der Waals surface area (Å²) in [5.74, 6) is -0.697. The number of halogens is 3. The molecule has 1 atom stereocenters. The molecular formula is C29H27ClF2N6O3S. The van der Waals surface area contributed by atoms with Crippen LogP contribution in [0.4, 0.5) is 19.6 Å². The first-order valence-electron chi connectivity index (χ1n) is 13.6. The van der Waals surface area contributed by atoms with Crippen LogP contribution >= 0.6 is 22.9 Å². The van der Waals surface area contributed by atoms with Gasteiger partial charge in [-0.1, -0.05) is 17.7 Å². The zero-order valence-electron chi connectivity index (χ0n) is 22.9. The van der Waals surface area contributed by atoms with E-state index in [2.05, 4.69) is 10.3 Å². The second kappa shape index (κ2) is 10.1. The third kappa shape index (κ3) is 4.06. The fourth-order valence-corrected chi connectivity index (χ4v) is 7.67. The van der Waals surface area contributed by atoms with Crippen LogP contribution in [0.1, 0.15) is 24.8 Å². The van der Waals surface area contributed by atoms with Crippen molar-refractivity contribution in [1.82, 2.24) is 15.3 Å². The third-order valence-electron chi connectivity index (χ3n) is 8.61. The molecule has 0 amide bonds. The molecule has 42 heavy (non-hydrogen) atoms. The molecule has 2 aromatic heterocycles. The van der Waals surface area contributed by atoms with Gasteiger partial charge in [0.05, 0.1) is 46.6 Å². The minimum atomic E-state index is -0.761. The van der Waals surface area contributed by atoms with E-state index in [1.54, 1.807) is 0 Å². The van der Waals surface area contributed by atoms with Gasteiger partial charge >= 0.3 is 6.01 Å². The highest BCUT2D eigenvalue weighted by molar-refractivity contribution is 7.23. The summed E-state index contributed by atoms with van der Waals surface area (Å²) < 4.78 is 49.9. The number of hydrogen-bond acceptors (Lipinski definition) is 10. The lowest BCUT2D eigenvalue weighted by molar-refractivity contribution is 0.0785. The molecule has 5 heterocycles. The first-order valence-corrected chi connectivity index (χ1v) is 14.8. The molecule has 3 N–H and O–H groups in total. The highest BCUT2D eigenvalue weighted by Crippen LogP contribution is 2.52. The van der Waals surface area contributed by atoms with Gasteiger partial charge in [0.25, 0.3) is 0 Å². The van der Waals surface area contributed by atoms with E-state index < -0.39 is 11.6 Å². The zero-order valence-corrected chi connectivity index (χ0v) is 24.5. The lowest BCUT2D eigenvalue weighted by atomic mass is 9.71. The second-order valence-electron chi connectivity index (χ2n) is 11.2. The summed E-state index contributed by atoms with van der Waals surface area (Å²) >= 11 is 7.89. The lowest BCUT2D eigenvalue weighted by Gasteiger charge is -2.35. The number of thiophene rings is 1. The van der Waals surface area contributed by atoms with Gasteiger partial charge in [-0.05, 0) is 31.5 Å². The van der Waals surface area contributed by atoms with Gasteiger partial charge < -0.3 is 30.2 Å². The smallest absolute Gasteiger partial charge is 0.319 e. The molecule has 8 rings (SSSR count). The Morgan fingerprint density at radius 2 is 2.12 bits per heavy atom. The Morgan fingerprint density at radius 3 is 2.83 bits per heavy atom. The van der Waals surface area contributed by atoms with Crippen LogP contribution in [0.2, 0.25) is 5.02 Å². The van der Waals surface area contributed by atoms with Crippen molar-refractivity contribution in [2.75, 3.05) is 51.1 Å². The van der Waals surface area contributed by atoms with Gasteiger partial charge in [0.15, 0.2) is 11.6 Å². The number of likely N-dealkylation sites (N-methyl/N-ethyl adjacent to an activating group) is 2. The SMILES string of the molecule is CNCC1CCOc2c(Cl)c(-c3ccc(F)c4sc(N)c(C#N)c34)c(F)c3nc(OCC45COC(C4)C5)nc(c23)N1C. The number of fused-ring (bicyclic) bond motifs is 2. The van der Waals surface area contributed by atoms with E-state index in [1.807, 2.05) is 25.1 Å². The number of hydrogen-bond donors (Lipinski definition) is 2. The standard InChI is InChI=1S/C29H27ClF2N6O3S/c1-35-10-13-5-6-39-24-20-23(36-28(37-27(20)38(13)2)41-12-29-7-14(8-29)40-11-29)22(32)19(21(24)30)15-3-4-17(31)25-18(15)16(9-33)26(34)42-25/h3-4,13-14,35H,5-8,10-12,34H2,1-2H3. The molecule has 13 heteroatoms. The molecular weight excluding hydrogens is 586 g/mol. The van der Waals surface area contributed by atoms with Crippen molar-refractivity contribution >= 4 is 54.7 Å². The second-order valence-corrected chi connectivity index (χ2v) is 12.7. The molecule has 3 fully saturated rings. The number of benzene rings is 2. The van der Waals surface area contributed by atoms with E-state index >= 15 is 4.39 Å². The summed E-state index contributed by atoms with van der Waals surface area (Å²) in [4.78, 5) is 11.3. The van der Waals surface area contributed by atoms with Crippen LogP contribution in [0.5, 0.6) is 11.8 Å². The largest absolute Gasteiger partial charge is 0.491 e. The monoisotopic (exact) mass is 612 g/mol. The quantitative estimate of drug-likeness (QED) is 0.300. The topological polar surface area (TPSA) is 119 Å². The highest BCUT2D eigenvalue weighted by atomic mass is 35.5. The van der Waals surface area contributed by atoms with Crippen molar-refractivity contribution in [3.05, 3.63) is 34.4 Å². The average Bonchev–Trinajstić information content (AvgIpc) is 3.66. The molecule has 4 aliphatic rings. The van der Waals surface area contributed by atoms with Crippen molar-refractivity contribution in [3.8, 4) is 29.0 Å². The average molecular weight is 613 g/mol. The van der Waals surface area contributed by atoms with Crippen LogP contribution in [-0.2, 0) is 4.74 Å². The number of aromatic nitrogens is 2. The van der Waals surface area contributed by atoms with Gasteiger partial charge in [-0.3, -0.25) is 0 Å². The molecule has 2 bridgehead atoms. The molecule has 1 aliphatic carbocycles. The molecule has 0 spiro atoms. The maximum absolute atomic E-state index is 16.9. The number of nitrogens with zero attached hydrogens (tertiary/aromatic N) is 4. The first kappa shape index (κ1) is 27.3. The minimum Gasteiger partial charge on any atom is -0.491 e. The molecule has 1 saturated carbocycles. The third-order valence-corrected chi connectivity index (χ3v) is 10.0. The van der Waals surface area contributed by atoms with Crippen molar-refractivity contribution < 1.29 is 23.0 Å². The Hall–Kier alpha value is -3.50. The molecule has 2 saturated heterocycles. The summed E-state index contributed by atoms with van der Waals surface area (Å²) in [6, 6.07) is 4.65. The Bertz CT molecular complexity index is 1800. The van der Waals surface area contributed by atoms with Crippen LogP contribution in [0, 0.1) is 28.4 Å². The molecule has 2 aromatic carbocycles. The number of nitriles is 1. The Morgan fingerprint density at radius 1 is 1.31 bits per heavy atom. The number of nitrogens with two attached hydrogens (primary N) is 1. The van der Waals surface area contributed by atoms with Gasteiger partial charge in [0.1, 0.15) is 28.2 Å².